The fourth-order valence-corrected chi connectivity index (χ4v) is 1.98. The molecule has 2 nitrogen and oxygen atoms in total. The van der Waals surface area contributed by atoms with Gasteiger partial charge in [0.25, 0.3) is 0 Å². The summed E-state index contributed by atoms with van der Waals surface area (Å²) in [5, 5.41) is 0. The molecule has 0 saturated carbocycles. The quantitative estimate of drug-likeness (QED) is 0.666. The van der Waals surface area contributed by atoms with Crippen LogP contribution in [0.2, 0.25) is 4.47 Å². The van der Waals surface area contributed by atoms with Gasteiger partial charge in [0.05, 0.1) is 0 Å². The number of benzene rings is 1. The van der Waals surface area contributed by atoms with Crippen molar-refractivity contribution in [1.82, 2.24) is 0 Å². The molecule has 0 bridgehead atoms. The van der Waals surface area contributed by atoms with Crippen molar-refractivity contribution in [2.24, 2.45) is 5.92 Å². The molecule has 14 heavy (non-hydrogen) atoms. The van der Waals surface area contributed by atoms with Crippen molar-refractivity contribution in [2.45, 2.75) is 22.7 Å². The summed E-state index contributed by atoms with van der Waals surface area (Å²) in [6, 6.07) is 7.15. The van der Waals surface area contributed by atoms with Crippen LogP contribution < -0.4 is 0 Å². The predicted octanol–water partition coefficient (Wildman–Crippen LogP) is 1.15. The van der Waals surface area contributed by atoms with Crippen molar-refractivity contribution < 1.29 is 8.42 Å². The molecule has 0 aromatic heterocycles. The van der Waals surface area contributed by atoms with Gasteiger partial charge in [0, 0.05) is 0 Å². The average molecular weight is 326 g/mol. The van der Waals surface area contributed by atoms with E-state index in [-0.39, 0.29) is 0 Å². The minimum absolute atomic E-state index is 0.399. The molecule has 1 aromatic carbocycles. The summed E-state index contributed by atoms with van der Waals surface area (Å²) in [5.41, 5.74) is 1.22. The molecule has 0 aliphatic heterocycles. The van der Waals surface area contributed by atoms with Gasteiger partial charge in [0.1, 0.15) is 0 Å². The third-order valence-electron chi connectivity index (χ3n) is 2.04. The van der Waals surface area contributed by atoms with E-state index in [0.29, 0.717) is 10.8 Å². The molecule has 0 fully saturated rings. The standard InChI is InChI=1S/C10H14O2STe/c1-8(7-14)6-9-2-4-10(5-3-9)13(11)12/h2-5,8,13-14H,6-7H2,1H3. The van der Waals surface area contributed by atoms with Crippen molar-refractivity contribution >= 4 is 33.0 Å². The van der Waals surface area contributed by atoms with Crippen LogP contribution in [-0.4, -0.2) is 30.7 Å². The maximum absolute atomic E-state index is 10.6. The fraction of sp³-hybridized carbons (Fsp3) is 0.400. The molecule has 0 aliphatic rings. The average Bonchev–Trinajstić information content (AvgIpc) is 2.18. The van der Waals surface area contributed by atoms with Crippen LogP contribution in [0.4, 0.5) is 0 Å². The van der Waals surface area contributed by atoms with Crippen LogP contribution in [0.25, 0.3) is 0 Å². The van der Waals surface area contributed by atoms with Gasteiger partial charge in [-0.1, -0.05) is 0 Å². The molecule has 0 aliphatic carbocycles. The van der Waals surface area contributed by atoms with Gasteiger partial charge in [-0.15, -0.1) is 0 Å². The summed E-state index contributed by atoms with van der Waals surface area (Å²) in [5.74, 6) is 0.677. The van der Waals surface area contributed by atoms with E-state index in [1.54, 1.807) is 12.1 Å². The zero-order valence-corrected chi connectivity index (χ0v) is 11.5. The summed E-state index contributed by atoms with van der Waals surface area (Å²) in [6.07, 6.45) is 1.03. The van der Waals surface area contributed by atoms with E-state index in [2.05, 4.69) is 6.92 Å². The van der Waals surface area contributed by atoms with Crippen molar-refractivity contribution in [3.05, 3.63) is 29.8 Å². The zero-order valence-electron chi connectivity index (χ0n) is 8.01. The third kappa shape index (κ3) is 3.61. The van der Waals surface area contributed by atoms with E-state index in [9.17, 15) is 8.42 Å². The van der Waals surface area contributed by atoms with Gasteiger partial charge in [0.2, 0.25) is 0 Å². The molecule has 78 valence electrons. The van der Waals surface area contributed by atoms with Gasteiger partial charge in [0.15, 0.2) is 0 Å². The van der Waals surface area contributed by atoms with E-state index < -0.39 is 10.7 Å². The molecule has 0 saturated heterocycles. The Morgan fingerprint density at radius 1 is 1.29 bits per heavy atom. The first-order valence-corrected chi connectivity index (χ1v) is 7.46. The van der Waals surface area contributed by atoms with Crippen LogP contribution in [0.15, 0.2) is 29.2 Å². The van der Waals surface area contributed by atoms with Gasteiger partial charge in [-0.3, -0.25) is 0 Å². The van der Waals surface area contributed by atoms with Crippen molar-refractivity contribution in [3.8, 4) is 0 Å². The monoisotopic (exact) mass is 328 g/mol. The molecule has 0 spiro atoms. The molecule has 0 N–H and O–H groups in total. The molecule has 1 unspecified atom stereocenters. The molecule has 1 aromatic rings. The van der Waals surface area contributed by atoms with Crippen LogP contribution in [-0.2, 0) is 17.1 Å². The van der Waals surface area contributed by atoms with Gasteiger partial charge in [-0.2, -0.15) is 0 Å². The summed E-state index contributed by atoms with van der Waals surface area (Å²) < 4.78 is 22.5. The Balaban J connectivity index is 2.73. The molecule has 4 heteroatoms. The first kappa shape index (κ1) is 12.0. The Bertz CT molecular complexity index is 349. The Morgan fingerprint density at radius 2 is 1.86 bits per heavy atom. The summed E-state index contributed by atoms with van der Waals surface area (Å²) in [6.45, 7) is 2.21. The van der Waals surface area contributed by atoms with Crippen LogP contribution in [0, 0.1) is 5.92 Å². The molecule has 1 rings (SSSR count). The van der Waals surface area contributed by atoms with Crippen LogP contribution >= 0.6 is 0 Å². The minimum atomic E-state index is -2.43. The second kappa shape index (κ2) is 5.75. The number of thiol groups is 1. The molecule has 0 heterocycles. The first-order valence-electron chi connectivity index (χ1n) is 4.47. The number of rotatable bonds is 4. The predicted molar refractivity (Wildman–Crippen MR) is 59.8 cm³/mol. The molecule has 0 amide bonds. The fourth-order valence-electron chi connectivity index (χ4n) is 1.22. The van der Waals surface area contributed by atoms with Gasteiger partial charge in [-0.05, 0) is 0 Å². The van der Waals surface area contributed by atoms with Crippen LogP contribution in [0.1, 0.15) is 12.5 Å². The van der Waals surface area contributed by atoms with E-state index in [1.165, 1.54) is 10.0 Å². The SMILES string of the molecule is CC(C[TeH])Cc1ccc([SH](=O)=O)cc1. The van der Waals surface area contributed by atoms with Crippen molar-refractivity contribution in [1.29, 1.82) is 0 Å². The van der Waals surface area contributed by atoms with Crippen LogP contribution in [0.5, 0.6) is 0 Å². The topological polar surface area (TPSA) is 34.1 Å². The Labute approximate surface area is 99.6 Å². The number of hydrogen-bond donors (Lipinski definition) is 1. The number of hydrogen-bond acceptors (Lipinski definition) is 2. The summed E-state index contributed by atoms with van der Waals surface area (Å²) >= 11 is 1.83. The first-order chi connectivity index (χ1) is 6.63. The molecular formula is C10H14O2STe. The molecule has 1 atom stereocenters. The van der Waals surface area contributed by atoms with Crippen molar-refractivity contribution in [3.63, 3.8) is 0 Å². The Kier molecular flexibility index (Phi) is 4.94. The zero-order chi connectivity index (χ0) is 10.6. The molecule has 0 radical (unpaired) electrons. The summed E-state index contributed by atoms with van der Waals surface area (Å²) in [7, 11) is -2.43. The van der Waals surface area contributed by atoms with Gasteiger partial charge in [-0.25, -0.2) is 0 Å². The summed E-state index contributed by atoms with van der Waals surface area (Å²) in [4.78, 5) is 0.399. The normalized spacial score (nSPS) is 13.1. The van der Waals surface area contributed by atoms with Crippen LogP contribution in [0.3, 0.4) is 0 Å². The van der Waals surface area contributed by atoms with Gasteiger partial charge < -0.3 is 0 Å². The van der Waals surface area contributed by atoms with E-state index in [4.69, 9.17) is 0 Å². The second-order valence-corrected chi connectivity index (χ2v) is 5.49. The molecular weight excluding hydrogens is 312 g/mol. The van der Waals surface area contributed by atoms with Crippen molar-refractivity contribution in [2.75, 3.05) is 0 Å². The van der Waals surface area contributed by atoms with E-state index >= 15 is 0 Å². The van der Waals surface area contributed by atoms with E-state index in [1.807, 2.05) is 34.4 Å². The second-order valence-electron chi connectivity index (χ2n) is 3.42. The Morgan fingerprint density at radius 3 is 2.29 bits per heavy atom. The maximum atomic E-state index is 10.6. The van der Waals surface area contributed by atoms with Gasteiger partial charge >= 0.3 is 99.9 Å². The Hall–Kier alpha value is -0.0404. The third-order valence-corrected chi connectivity index (χ3v) is 4.54. The van der Waals surface area contributed by atoms with E-state index in [0.717, 1.165) is 6.42 Å².